The fourth-order valence-corrected chi connectivity index (χ4v) is 3.21. The second-order valence-corrected chi connectivity index (χ2v) is 6.78. The molecule has 0 amide bonds. The van der Waals surface area contributed by atoms with Crippen LogP contribution >= 0.6 is 23.4 Å². The molecule has 0 spiro atoms. The molecule has 4 rings (SSSR count). The van der Waals surface area contributed by atoms with Gasteiger partial charge in [0.25, 0.3) is 0 Å². The van der Waals surface area contributed by atoms with Gasteiger partial charge in [-0.25, -0.2) is 0 Å². The molecule has 7 nitrogen and oxygen atoms in total. The third-order valence-corrected chi connectivity index (χ3v) is 4.91. The van der Waals surface area contributed by atoms with Crippen molar-refractivity contribution in [2.24, 2.45) is 7.05 Å². The van der Waals surface area contributed by atoms with E-state index in [-0.39, 0.29) is 0 Å². The Morgan fingerprint density at radius 2 is 1.73 bits per heavy atom. The highest BCUT2D eigenvalue weighted by Crippen LogP contribution is 2.26. The minimum absolute atomic E-state index is 0.465. The molecule has 130 valence electrons. The van der Waals surface area contributed by atoms with Crippen LogP contribution in [0.4, 0.5) is 0 Å². The molecule has 0 N–H and O–H groups in total. The summed E-state index contributed by atoms with van der Waals surface area (Å²) in [6.07, 6.45) is 3.46. The van der Waals surface area contributed by atoms with Gasteiger partial charge in [0.15, 0.2) is 11.0 Å². The van der Waals surface area contributed by atoms with Gasteiger partial charge in [-0.1, -0.05) is 23.4 Å². The van der Waals surface area contributed by atoms with Crippen molar-refractivity contribution in [1.82, 2.24) is 29.9 Å². The third-order valence-electron chi connectivity index (χ3n) is 3.66. The fraction of sp³-hybridized carbons (Fsp3) is 0.118. The summed E-state index contributed by atoms with van der Waals surface area (Å²) >= 11 is 7.38. The first kappa shape index (κ1) is 16.7. The first-order valence-electron chi connectivity index (χ1n) is 7.71. The van der Waals surface area contributed by atoms with Gasteiger partial charge >= 0.3 is 0 Å². The number of hydrogen-bond acceptors (Lipinski definition) is 7. The summed E-state index contributed by atoms with van der Waals surface area (Å²) in [5, 5.41) is 18.1. The molecular weight excluding hydrogens is 372 g/mol. The van der Waals surface area contributed by atoms with Crippen molar-refractivity contribution < 1.29 is 4.42 Å². The average molecular weight is 385 g/mol. The zero-order valence-corrected chi connectivity index (χ0v) is 15.3. The number of halogens is 1. The van der Waals surface area contributed by atoms with Gasteiger partial charge < -0.3 is 8.98 Å². The van der Waals surface area contributed by atoms with Crippen molar-refractivity contribution in [2.45, 2.75) is 10.9 Å². The van der Waals surface area contributed by atoms with Crippen LogP contribution in [-0.2, 0) is 12.8 Å². The SMILES string of the molecule is Cn1c(SCc2nnc(-c3ccc(Cl)cc3)o2)nnc1-c1ccncc1. The van der Waals surface area contributed by atoms with E-state index >= 15 is 0 Å². The molecular formula is C17H13ClN6OS. The molecule has 0 aliphatic carbocycles. The first-order chi connectivity index (χ1) is 12.7. The summed E-state index contributed by atoms with van der Waals surface area (Å²) in [5.41, 5.74) is 1.79. The van der Waals surface area contributed by atoms with Crippen molar-refractivity contribution in [1.29, 1.82) is 0 Å². The smallest absolute Gasteiger partial charge is 0.247 e. The number of rotatable bonds is 5. The van der Waals surface area contributed by atoms with Gasteiger partial charge in [-0.2, -0.15) is 0 Å². The lowest BCUT2D eigenvalue weighted by Gasteiger charge is -2.02. The number of pyridine rings is 1. The van der Waals surface area contributed by atoms with Gasteiger partial charge in [0, 0.05) is 35.6 Å². The van der Waals surface area contributed by atoms with E-state index in [0.717, 1.165) is 22.1 Å². The van der Waals surface area contributed by atoms with E-state index in [1.165, 1.54) is 11.8 Å². The molecule has 0 fully saturated rings. The maximum atomic E-state index is 5.89. The van der Waals surface area contributed by atoms with E-state index in [4.69, 9.17) is 16.0 Å². The lowest BCUT2D eigenvalue weighted by atomic mass is 10.2. The zero-order valence-electron chi connectivity index (χ0n) is 13.7. The Morgan fingerprint density at radius 3 is 2.50 bits per heavy atom. The van der Waals surface area contributed by atoms with Crippen LogP contribution < -0.4 is 0 Å². The maximum absolute atomic E-state index is 5.89. The molecule has 4 aromatic rings. The van der Waals surface area contributed by atoms with Crippen LogP contribution in [0.2, 0.25) is 5.02 Å². The lowest BCUT2D eigenvalue weighted by Crippen LogP contribution is -1.95. The number of thioether (sulfide) groups is 1. The lowest BCUT2D eigenvalue weighted by molar-refractivity contribution is 0.528. The quantitative estimate of drug-likeness (QED) is 0.483. The summed E-state index contributed by atoms with van der Waals surface area (Å²) in [5.74, 6) is 2.27. The van der Waals surface area contributed by atoms with Crippen LogP contribution in [0.5, 0.6) is 0 Å². The summed E-state index contributed by atoms with van der Waals surface area (Å²) < 4.78 is 7.64. The predicted octanol–water partition coefficient (Wildman–Crippen LogP) is 3.87. The normalized spacial score (nSPS) is 11.0. The Morgan fingerprint density at radius 1 is 0.962 bits per heavy atom. The van der Waals surface area contributed by atoms with Gasteiger partial charge in [0.05, 0.1) is 5.75 Å². The van der Waals surface area contributed by atoms with Crippen LogP contribution in [0, 0.1) is 0 Å². The fourth-order valence-electron chi connectivity index (χ4n) is 2.34. The molecule has 1 aromatic carbocycles. The Balaban J connectivity index is 1.47. The molecule has 0 aliphatic rings. The van der Waals surface area contributed by atoms with Gasteiger partial charge in [-0.15, -0.1) is 20.4 Å². The monoisotopic (exact) mass is 384 g/mol. The summed E-state index contributed by atoms with van der Waals surface area (Å²) in [7, 11) is 1.92. The zero-order chi connectivity index (χ0) is 17.9. The minimum atomic E-state index is 0.465. The van der Waals surface area contributed by atoms with Crippen LogP contribution in [0.3, 0.4) is 0 Å². The van der Waals surface area contributed by atoms with E-state index in [1.807, 2.05) is 35.9 Å². The van der Waals surface area contributed by atoms with E-state index in [9.17, 15) is 0 Å². The van der Waals surface area contributed by atoms with Crippen LogP contribution in [0.15, 0.2) is 58.4 Å². The first-order valence-corrected chi connectivity index (χ1v) is 9.08. The minimum Gasteiger partial charge on any atom is -0.420 e. The van der Waals surface area contributed by atoms with Gasteiger partial charge in [0.1, 0.15) is 0 Å². The molecule has 0 radical (unpaired) electrons. The third kappa shape index (κ3) is 3.47. The maximum Gasteiger partial charge on any atom is 0.247 e. The van der Waals surface area contributed by atoms with Crippen LogP contribution in [0.1, 0.15) is 5.89 Å². The summed E-state index contributed by atoms with van der Waals surface area (Å²) in [6, 6.07) is 11.1. The van der Waals surface area contributed by atoms with Crippen LogP contribution in [-0.4, -0.2) is 29.9 Å². The Hall–Kier alpha value is -2.71. The molecule has 0 saturated carbocycles. The molecule has 0 bridgehead atoms. The molecule has 0 unspecified atom stereocenters. The standard InChI is InChI=1S/C17H13ClN6OS/c1-24-15(11-6-8-19-9-7-11)21-23-17(24)26-10-14-20-22-16(25-14)12-2-4-13(18)5-3-12/h2-9H,10H2,1H3. The van der Waals surface area contributed by atoms with Gasteiger partial charge in [0.2, 0.25) is 11.8 Å². The molecule has 3 heterocycles. The second kappa shape index (κ2) is 7.27. The highest BCUT2D eigenvalue weighted by molar-refractivity contribution is 7.98. The number of hydrogen-bond donors (Lipinski definition) is 0. The Labute approximate surface area is 158 Å². The van der Waals surface area contributed by atoms with E-state index in [0.29, 0.717) is 22.6 Å². The van der Waals surface area contributed by atoms with E-state index < -0.39 is 0 Å². The number of benzene rings is 1. The largest absolute Gasteiger partial charge is 0.420 e. The van der Waals surface area contributed by atoms with Crippen molar-refractivity contribution in [3.63, 3.8) is 0 Å². The molecule has 26 heavy (non-hydrogen) atoms. The number of aromatic nitrogens is 6. The summed E-state index contributed by atoms with van der Waals surface area (Å²) in [6.45, 7) is 0. The summed E-state index contributed by atoms with van der Waals surface area (Å²) in [4.78, 5) is 4.02. The number of nitrogens with zero attached hydrogens (tertiary/aromatic N) is 6. The van der Waals surface area contributed by atoms with Gasteiger partial charge in [-0.05, 0) is 36.4 Å². The van der Waals surface area contributed by atoms with Crippen molar-refractivity contribution >= 4 is 23.4 Å². The van der Waals surface area contributed by atoms with Crippen LogP contribution in [0.25, 0.3) is 22.8 Å². The van der Waals surface area contributed by atoms with E-state index in [2.05, 4.69) is 25.4 Å². The molecule has 0 atom stereocenters. The molecule has 9 heteroatoms. The highest BCUT2D eigenvalue weighted by atomic mass is 35.5. The Bertz CT molecular complexity index is 1020. The molecule has 0 aliphatic heterocycles. The predicted molar refractivity (Wildman–Crippen MR) is 98.5 cm³/mol. The Kier molecular flexibility index (Phi) is 4.68. The topological polar surface area (TPSA) is 82.5 Å². The van der Waals surface area contributed by atoms with Crippen molar-refractivity contribution in [2.75, 3.05) is 0 Å². The molecule has 0 saturated heterocycles. The van der Waals surface area contributed by atoms with Gasteiger partial charge in [-0.3, -0.25) is 4.98 Å². The molecule has 3 aromatic heterocycles. The van der Waals surface area contributed by atoms with Crippen molar-refractivity contribution in [3.8, 4) is 22.8 Å². The van der Waals surface area contributed by atoms with Crippen molar-refractivity contribution in [3.05, 3.63) is 59.7 Å². The second-order valence-electron chi connectivity index (χ2n) is 5.40. The highest BCUT2D eigenvalue weighted by Gasteiger charge is 2.14. The van der Waals surface area contributed by atoms with E-state index in [1.54, 1.807) is 24.5 Å². The average Bonchev–Trinajstić information content (AvgIpc) is 3.28.